The van der Waals surface area contributed by atoms with Crippen LogP contribution in [0.15, 0.2) is 0 Å². The number of nitrogens with two attached hydrogens (primary N) is 1. The molecule has 0 bridgehead atoms. The quantitative estimate of drug-likeness (QED) is 0.759. The van der Waals surface area contributed by atoms with Gasteiger partial charge in [-0.15, -0.1) is 0 Å². The Morgan fingerprint density at radius 2 is 1.88 bits per heavy atom. The second kappa shape index (κ2) is 5.80. The van der Waals surface area contributed by atoms with E-state index in [1.54, 1.807) is 13.8 Å². The van der Waals surface area contributed by atoms with Gasteiger partial charge in [0.2, 0.25) is 5.91 Å². The van der Waals surface area contributed by atoms with Crippen LogP contribution in [-0.2, 0) is 4.79 Å². The van der Waals surface area contributed by atoms with Crippen molar-refractivity contribution in [2.75, 3.05) is 6.54 Å². The van der Waals surface area contributed by atoms with Crippen LogP contribution in [0.25, 0.3) is 0 Å². The monoisotopic (exact) mass is 256 g/mol. The molecule has 0 spiro atoms. The molecule has 0 unspecified atom stereocenters. The summed E-state index contributed by atoms with van der Waals surface area (Å²) in [5.41, 5.74) is 4.83. The Morgan fingerprint density at radius 1 is 1.35 bits per heavy atom. The summed E-state index contributed by atoms with van der Waals surface area (Å²) in [5.74, 6) is 1.41. The van der Waals surface area contributed by atoms with Gasteiger partial charge < -0.3 is 11.1 Å². The summed E-state index contributed by atoms with van der Waals surface area (Å²) in [5, 5.41) is 2.98. The highest BCUT2D eigenvalue weighted by Crippen LogP contribution is 2.28. The average Bonchev–Trinajstić information content (AvgIpc) is 2.27. The van der Waals surface area contributed by atoms with Gasteiger partial charge in [0.25, 0.3) is 0 Å². The summed E-state index contributed by atoms with van der Waals surface area (Å²) in [6, 6.07) is 0. The lowest BCUT2D eigenvalue weighted by Gasteiger charge is -2.28. The fourth-order valence-electron chi connectivity index (χ4n) is 2.10. The van der Waals surface area contributed by atoms with Crippen molar-refractivity contribution >= 4 is 23.1 Å². The van der Waals surface area contributed by atoms with E-state index in [1.165, 1.54) is 25.7 Å². The van der Waals surface area contributed by atoms with Gasteiger partial charge in [-0.25, -0.2) is 0 Å². The molecule has 0 atom stereocenters. The van der Waals surface area contributed by atoms with Gasteiger partial charge in [0.15, 0.2) is 0 Å². The van der Waals surface area contributed by atoms with Crippen LogP contribution in [0.4, 0.5) is 0 Å². The van der Waals surface area contributed by atoms with Crippen molar-refractivity contribution in [2.24, 2.45) is 23.0 Å². The van der Waals surface area contributed by atoms with Gasteiger partial charge in [0, 0.05) is 6.54 Å². The van der Waals surface area contributed by atoms with Crippen LogP contribution in [0.2, 0.25) is 0 Å². The third-order valence-corrected chi connectivity index (χ3v) is 4.38. The van der Waals surface area contributed by atoms with Gasteiger partial charge >= 0.3 is 0 Å². The van der Waals surface area contributed by atoms with E-state index in [0.717, 1.165) is 12.5 Å². The van der Waals surface area contributed by atoms with Crippen molar-refractivity contribution in [2.45, 2.75) is 46.5 Å². The predicted octanol–water partition coefficient (Wildman–Crippen LogP) is 2.24. The zero-order valence-electron chi connectivity index (χ0n) is 11.1. The SMILES string of the molecule is CC1CCC(CNC(=O)C(C)(C)C(N)=S)CC1. The summed E-state index contributed by atoms with van der Waals surface area (Å²) >= 11 is 4.91. The van der Waals surface area contributed by atoms with Gasteiger partial charge in [-0.2, -0.15) is 0 Å². The topological polar surface area (TPSA) is 55.1 Å². The second-order valence-corrected chi connectivity index (χ2v) is 6.26. The van der Waals surface area contributed by atoms with E-state index in [2.05, 4.69) is 12.2 Å². The molecule has 98 valence electrons. The minimum Gasteiger partial charge on any atom is -0.392 e. The van der Waals surface area contributed by atoms with E-state index in [0.29, 0.717) is 5.92 Å². The zero-order valence-corrected chi connectivity index (χ0v) is 11.9. The number of carbonyl (C=O) groups excluding carboxylic acids is 1. The zero-order chi connectivity index (χ0) is 13.1. The highest BCUT2D eigenvalue weighted by molar-refractivity contribution is 7.80. The van der Waals surface area contributed by atoms with Gasteiger partial charge in [-0.3, -0.25) is 4.79 Å². The summed E-state index contributed by atoms with van der Waals surface area (Å²) in [7, 11) is 0. The third kappa shape index (κ3) is 3.95. The maximum atomic E-state index is 11.9. The average molecular weight is 256 g/mol. The molecule has 1 saturated carbocycles. The Kier molecular flexibility index (Phi) is 4.92. The molecule has 1 aliphatic carbocycles. The van der Waals surface area contributed by atoms with E-state index in [-0.39, 0.29) is 10.9 Å². The minimum absolute atomic E-state index is 0.0522. The lowest BCUT2D eigenvalue weighted by atomic mass is 9.83. The lowest BCUT2D eigenvalue weighted by molar-refractivity contribution is -0.126. The number of amides is 1. The molecule has 1 amide bonds. The first-order valence-electron chi connectivity index (χ1n) is 6.42. The van der Waals surface area contributed by atoms with E-state index >= 15 is 0 Å². The molecular formula is C13H24N2OS. The molecule has 1 rings (SSSR count). The molecule has 0 radical (unpaired) electrons. The molecule has 0 heterocycles. The van der Waals surface area contributed by atoms with Crippen LogP contribution in [0, 0.1) is 17.3 Å². The van der Waals surface area contributed by atoms with Crippen molar-refractivity contribution in [1.82, 2.24) is 5.32 Å². The van der Waals surface area contributed by atoms with Crippen molar-refractivity contribution in [1.29, 1.82) is 0 Å². The molecule has 0 aromatic carbocycles. The molecule has 3 nitrogen and oxygen atoms in total. The molecule has 1 aliphatic rings. The number of carbonyl (C=O) groups is 1. The number of rotatable bonds is 4. The Bertz CT molecular complexity index is 294. The molecule has 0 aromatic rings. The van der Waals surface area contributed by atoms with E-state index < -0.39 is 5.41 Å². The number of hydrogen-bond acceptors (Lipinski definition) is 2. The molecule has 3 N–H and O–H groups in total. The lowest BCUT2D eigenvalue weighted by Crippen LogP contribution is -2.46. The molecular weight excluding hydrogens is 232 g/mol. The highest BCUT2D eigenvalue weighted by Gasteiger charge is 2.31. The molecule has 17 heavy (non-hydrogen) atoms. The second-order valence-electron chi connectivity index (χ2n) is 5.83. The number of nitrogens with one attached hydrogen (secondary N) is 1. The molecule has 4 heteroatoms. The Balaban J connectivity index is 2.36. The first-order chi connectivity index (χ1) is 7.84. The Morgan fingerprint density at radius 3 is 2.35 bits per heavy atom. The van der Waals surface area contributed by atoms with Crippen molar-refractivity contribution < 1.29 is 4.79 Å². The minimum atomic E-state index is -0.739. The van der Waals surface area contributed by atoms with Crippen LogP contribution >= 0.6 is 12.2 Å². The largest absolute Gasteiger partial charge is 0.392 e. The van der Waals surface area contributed by atoms with Crippen LogP contribution in [0.3, 0.4) is 0 Å². The first kappa shape index (κ1) is 14.4. The van der Waals surface area contributed by atoms with E-state index in [9.17, 15) is 4.79 Å². The van der Waals surface area contributed by atoms with Crippen LogP contribution < -0.4 is 11.1 Å². The van der Waals surface area contributed by atoms with Gasteiger partial charge in [-0.1, -0.05) is 32.0 Å². The summed E-state index contributed by atoms with van der Waals surface area (Å²) in [6.07, 6.45) is 4.99. The third-order valence-electron chi connectivity index (χ3n) is 3.87. The smallest absolute Gasteiger partial charge is 0.232 e. The van der Waals surface area contributed by atoms with Crippen LogP contribution in [0.5, 0.6) is 0 Å². The standard InChI is InChI=1S/C13H24N2OS/c1-9-4-6-10(7-5-9)8-15-12(16)13(2,3)11(14)17/h9-10H,4-8H2,1-3H3,(H2,14,17)(H,15,16). The van der Waals surface area contributed by atoms with Crippen molar-refractivity contribution in [3.8, 4) is 0 Å². The van der Waals surface area contributed by atoms with Crippen LogP contribution in [0.1, 0.15) is 46.5 Å². The predicted molar refractivity (Wildman–Crippen MR) is 74.7 cm³/mol. The van der Waals surface area contributed by atoms with Crippen molar-refractivity contribution in [3.05, 3.63) is 0 Å². The molecule has 0 aromatic heterocycles. The Labute approximate surface area is 110 Å². The summed E-state index contributed by atoms with van der Waals surface area (Å²) in [6.45, 7) is 6.60. The highest BCUT2D eigenvalue weighted by atomic mass is 32.1. The van der Waals surface area contributed by atoms with E-state index in [4.69, 9.17) is 18.0 Å². The van der Waals surface area contributed by atoms with E-state index in [1.807, 2.05) is 0 Å². The fraction of sp³-hybridized carbons (Fsp3) is 0.846. The van der Waals surface area contributed by atoms with Gasteiger partial charge in [-0.05, 0) is 38.5 Å². The summed E-state index contributed by atoms with van der Waals surface area (Å²) in [4.78, 5) is 12.2. The summed E-state index contributed by atoms with van der Waals surface area (Å²) < 4.78 is 0. The van der Waals surface area contributed by atoms with Gasteiger partial charge in [0.1, 0.15) is 0 Å². The molecule has 0 saturated heterocycles. The maximum absolute atomic E-state index is 11.9. The van der Waals surface area contributed by atoms with Crippen LogP contribution in [-0.4, -0.2) is 17.4 Å². The number of thiocarbonyl (C=S) groups is 1. The Hall–Kier alpha value is -0.640. The molecule has 0 aliphatic heterocycles. The number of hydrogen-bond donors (Lipinski definition) is 2. The normalized spacial score (nSPS) is 25.4. The fourth-order valence-corrected chi connectivity index (χ4v) is 2.20. The van der Waals surface area contributed by atoms with Crippen molar-refractivity contribution in [3.63, 3.8) is 0 Å². The first-order valence-corrected chi connectivity index (χ1v) is 6.83. The maximum Gasteiger partial charge on any atom is 0.232 e. The van der Waals surface area contributed by atoms with Gasteiger partial charge in [0.05, 0.1) is 10.4 Å². The molecule has 1 fully saturated rings.